The Labute approximate surface area is 122 Å². The highest BCUT2D eigenvalue weighted by molar-refractivity contribution is 9.10. The SMILES string of the molecule is COc1cc(N2CCC(F)(F)CC2)c(Br)cc1[N+](=O)[O-]. The number of benzene rings is 1. The van der Waals surface area contributed by atoms with Gasteiger partial charge >= 0.3 is 5.69 Å². The number of halogens is 3. The standard InChI is InChI=1S/C12H13BrF2N2O3/c1-20-11-7-9(8(13)6-10(11)17(18)19)16-4-2-12(14,15)3-5-16/h6-7H,2-5H2,1H3. The summed E-state index contributed by atoms with van der Waals surface area (Å²) in [7, 11) is 1.34. The summed E-state index contributed by atoms with van der Waals surface area (Å²) in [4.78, 5) is 12.1. The summed E-state index contributed by atoms with van der Waals surface area (Å²) in [6.45, 7) is 0.402. The van der Waals surface area contributed by atoms with E-state index in [4.69, 9.17) is 4.74 Å². The quantitative estimate of drug-likeness (QED) is 0.617. The highest BCUT2D eigenvalue weighted by Crippen LogP contribution is 2.40. The molecule has 0 saturated carbocycles. The zero-order chi connectivity index (χ0) is 14.9. The molecule has 1 saturated heterocycles. The Kier molecular flexibility index (Phi) is 4.12. The van der Waals surface area contributed by atoms with Crippen LogP contribution in [0.5, 0.6) is 5.75 Å². The van der Waals surface area contributed by atoms with Crippen LogP contribution in [0.2, 0.25) is 0 Å². The minimum atomic E-state index is -2.63. The number of nitro benzene ring substituents is 1. The van der Waals surface area contributed by atoms with Gasteiger partial charge in [-0.25, -0.2) is 8.78 Å². The summed E-state index contributed by atoms with van der Waals surface area (Å²) in [6, 6.07) is 2.84. The van der Waals surface area contributed by atoms with Crippen LogP contribution in [-0.4, -0.2) is 31.0 Å². The van der Waals surface area contributed by atoms with Crippen molar-refractivity contribution in [2.75, 3.05) is 25.1 Å². The first-order valence-corrected chi connectivity index (χ1v) is 6.78. The Balaban J connectivity index is 2.31. The molecule has 0 spiro atoms. The van der Waals surface area contributed by atoms with Crippen LogP contribution in [0.1, 0.15) is 12.8 Å². The average molecular weight is 351 g/mol. The van der Waals surface area contributed by atoms with Crippen molar-refractivity contribution in [3.05, 3.63) is 26.7 Å². The molecule has 1 aromatic rings. The maximum atomic E-state index is 13.2. The average Bonchev–Trinajstić information content (AvgIpc) is 2.39. The second-order valence-electron chi connectivity index (χ2n) is 4.58. The molecule has 1 aromatic carbocycles. The first-order valence-electron chi connectivity index (χ1n) is 5.99. The number of anilines is 1. The van der Waals surface area contributed by atoms with Gasteiger partial charge in [-0.05, 0) is 15.9 Å². The molecule has 0 N–H and O–H groups in total. The molecule has 0 aliphatic carbocycles. The number of hydrogen-bond donors (Lipinski definition) is 0. The highest BCUT2D eigenvalue weighted by Gasteiger charge is 2.35. The van der Waals surface area contributed by atoms with E-state index in [1.165, 1.54) is 19.2 Å². The molecule has 20 heavy (non-hydrogen) atoms. The van der Waals surface area contributed by atoms with Gasteiger partial charge in [0.25, 0.3) is 5.92 Å². The van der Waals surface area contributed by atoms with Gasteiger partial charge in [-0.15, -0.1) is 0 Å². The number of rotatable bonds is 3. The van der Waals surface area contributed by atoms with Gasteiger partial charge in [-0.2, -0.15) is 0 Å². The third-order valence-electron chi connectivity index (χ3n) is 3.28. The summed E-state index contributed by atoms with van der Waals surface area (Å²) < 4.78 is 31.8. The molecular formula is C12H13BrF2N2O3. The summed E-state index contributed by atoms with van der Waals surface area (Å²) in [5.74, 6) is -2.51. The number of nitrogens with zero attached hydrogens (tertiary/aromatic N) is 2. The lowest BCUT2D eigenvalue weighted by molar-refractivity contribution is -0.385. The van der Waals surface area contributed by atoms with E-state index in [9.17, 15) is 18.9 Å². The summed E-state index contributed by atoms with van der Waals surface area (Å²) in [5, 5.41) is 10.9. The van der Waals surface area contributed by atoms with E-state index in [2.05, 4.69) is 15.9 Å². The van der Waals surface area contributed by atoms with Crippen LogP contribution in [0.3, 0.4) is 0 Å². The second kappa shape index (κ2) is 5.51. The second-order valence-corrected chi connectivity index (χ2v) is 5.43. The first-order chi connectivity index (χ1) is 9.34. The van der Waals surface area contributed by atoms with E-state index >= 15 is 0 Å². The highest BCUT2D eigenvalue weighted by atomic mass is 79.9. The molecule has 1 heterocycles. The van der Waals surface area contributed by atoms with E-state index in [0.717, 1.165) is 0 Å². The van der Waals surface area contributed by atoms with Crippen molar-refractivity contribution in [1.82, 2.24) is 0 Å². The molecule has 0 unspecified atom stereocenters. The predicted molar refractivity (Wildman–Crippen MR) is 73.7 cm³/mol. The van der Waals surface area contributed by atoms with Crippen molar-refractivity contribution in [3.8, 4) is 5.75 Å². The molecular weight excluding hydrogens is 338 g/mol. The molecule has 0 bridgehead atoms. The molecule has 1 aliphatic heterocycles. The van der Waals surface area contributed by atoms with Gasteiger partial charge in [-0.3, -0.25) is 10.1 Å². The fourth-order valence-electron chi connectivity index (χ4n) is 2.16. The van der Waals surface area contributed by atoms with Crippen molar-refractivity contribution >= 4 is 27.3 Å². The Morgan fingerprint density at radius 3 is 2.50 bits per heavy atom. The lowest BCUT2D eigenvalue weighted by atomic mass is 10.1. The van der Waals surface area contributed by atoms with Crippen molar-refractivity contribution in [2.24, 2.45) is 0 Å². The van der Waals surface area contributed by atoms with Gasteiger partial charge in [0.2, 0.25) is 0 Å². The van der Waals surface area contributed by atoms with Crippen LogP contribution in [0.25, 0.3) is 0 Å². The van der Waals surface area contributed by atoms with Gasteiger partial charge in [0.1, 0.15) is 0 Å². The van der Waals surface area contributed by atoms with E-state index < -0.39 is 10.8 Å². The topological polar surface area (TPSA) is 55.6 Å². The number of methoxy groups -OCH3 is 1. The molecule has 0 aromatic heterocycles. The Morgan fingerprint density at radius 1 is 1.40 bits per heavy atom. The smallest absolute Gasteiger partial charge is 0.312 e. The molecule has 0 amide bonds. The third kappa shape index (κ3) is 3.00. The lowest BCUT2D eigenvalue weighted by Crippen LogP contribution is -2.39. The minimum Gasteiger partial charge on any atom is -0.490 e. The third-order valence-corrected chi connectivity index (χ3v) is 3.92. The lowest BCUT2D eigenvalue weighted by Gasteiger charge is -2.34. The molecule has 0 radical (unpaired) electrons. The van der Waals surface area contributed by atoms with Crippen molar-refractivity contribution in [3.63, 3.8) is 0 Å². The van der Waals surface area contributed by atoms with Gasteiger partial charge < -0.3 is 9.64 Å². The zero-order valence-corrected chi connectivity index (χ0v) is 12.3. The largest absolute Gasteiger partial charge is 0.490 e. The number of ether oxygens (including phenoxy) is 1. The van der Waals surface area contributed by atoms with Gasteiger partial charge in [-0.1, -0.05) is 0 Å². The van der Waals surface area contributed by atoms with Crippen LogP contribution >= 0.6 is 15.9 Å². The minimum absolute atomic E-state index is 0.116. The normalized spacial score (nSPS) is 17.9. The van der Waals surface area contributed by atoms with Crippen LogP contribution in [-0.2, 0) is 0 Å². The molecule has 0 atom stereocenters. The van der Waals surface area contributed by atoms with Crippen LogP contribution in [0.15, 0.2) is 16.6 Å². The maximum Gasteiger partial charge on any atom is 0.312 e. The molecule has 1 aliphatic rings. The van der Waals surface area contributed by atoms with E-state index in [1.807, 2.05) is 0 Å². The van der Waals surface area contributed by atoms with Crippen LogP contribution < -0.4 is 9.64 Å². The molecule has 5 nitrogen and oxygen atoms in total. The Hall–Kier alpha value is -1.44. The Bertz CT molecular complexity index is 530. The van der Waals surface area contributed by atoms with Crippen LogP contribution in [0.4, 0.5) is 20.2 Å². The number of nitro groups is 1. The maximum absolute atomic E-state index is 13.2. The van der Waals surface area contributed by atoms with Gasteiger partial charge in [0.15, 0.2) is 5.75 Å². The summed E-state index contributed by atoms with van der Waals surface area (Å²) in [5.41, 5.74) is 0.466. The van der Waals surface area contributed by atoms with Crippen molar-refractivity contribution in [2.45, 2.75) is 18.8 Å². The molecule has 2 rings (SSSR count). The van der Waals surface area contributed by atoms with E-state index in [1.54, 1.807) is 4.90 Å². The number of piperidine rings is 1. The van der Waals surface area contributed by atoms with Crippen molar-refractivity contribution < 1.29 is 18.4 Å². The predicted octanol–water partition coefficient (Wildman–Crippen LogP) is 3.60. The monoisotopic (exact) mass is 350 g/mol. The van der Waals surface area contributed by atoms with Crippen LogP contribution in [0, 0.1) is 10.1 Å². The summed E-state index contributed by atoms with van der Waals surface area (Å²) in [6.07, 6.45) is -0.447. The fourth-order valence-corrected chi connectivity index (χ4v) is 2.74. The fraction of sp³-hybridized carbons (Fsp3) is 0.500. The van der Waals surface area contributed by atoms with Gasteiger partial charge in [0, 0.05) is 42.5 Å². The molecule has 8 heteroatoms. The summed E-state index contributed by atoms with van der Waals surface area (Å²) >= 11 is 3.25. The zero-order valence-electron chi connectivity index (χ0n) is 10.7. The number of hydrogen-bond acceptors (Lipinski definition) is 4. The first kappa shape index (κ1) is 15.0. The van der Waals surface area contributed by atoms with E-state index in [0.29, 0.717) is 10.2 Å². The number of alkyl halides is 2. The molecule has 1 fully saturated rings. The van der Waals surface area contributed by atoms with Crippen molar-refractivity contribution in [1.29, 1.82) is 0 Å². The molecule has 110 valence electrons. The van der Waals surface area contributed by atoms with E-state index in [-0.39, 0.29) is 37.4 Å². The Morgan fingerprint density at radius 2 is 2.00 bits per heavy atom. The van der Waals surface area contributed by atoms with Gasteiger partial charge in [0.05, 0.1) is 17.7 Å².